The highest BCUT2D eigenvalue weighted by Crippen LogP contribution is 2.38. The number of fused-ring (bicyclic) bond motifs is 1. The number of carbonyl (C=O) groups is 1. The van der Waals surface area contributed by atoms with Crippen LogP contribution in [0.5, 0.6) is 0 Å². The SMILES string of the molecule is CC(=O)CC(C)Sc1ncnc2c1c(-c1ccccc1)cn2-c1ccccc1. The summed E-state index contributed by atoms with van der Waals surface area (Å²) in [6.07, 6.45) is 4.26. The van der Waals surface area contributed by atoms with Crippen LogP contribution in [0.3, 0.4) is 0 Å². The highest BCUT2D eigenvalue weighted by Gasteiger charge is 2.19. The number of aromatic nitrogens is 3. The Bertz CT molecular complexity index is 1110. The minimum absolute atomic E-state index is 0.152. The Hall–Kier alpha value is -2.92. The van der Waals surface area contributed by atoms with Gasteiger partial charge in [0, 0.05) is 29.1 Å². The van der Waals surface area contributed by atoms with Gasteiger partial charge in [0.05, 0.1) is 5.39 Å². The minimum atomic E-state index is 0.152. The van der Waals surface area contributed by atoms with Crippen LogP contribution < -0.4 is 0 Å². The molecule has 140 valence electrons. The van der Waals surface area contributed by atoms with E-state index in [4.69, 9.17) is 0 Å². The molecule has 5 heteroatoms. The minimum Gasteiger partial charge on any atom is -0.301 e. The van der Waals surface area contributed by atoms with Gasteiger partial charge in [-0.3, -0.25) is 4.79 Å². The van der Waals surface area contributed by atoms with Crippen LogP contribution in [0.1, 0.15) is 20.3 Å². The molecule has 0 amide bonds. The highest BCUT2D eigenvalue weighted by atomic mass is 32.2. The van der Waals surface area contributed by atoms with E-state index >= 15 is 0 Å². The quantitative estimate of drug-likeness (QED) is 0.322. The molecule has 0 N–H and O–H groups in total. The topological polar surface area (TPSA) is 47.8 Å². The van der Waals surface area contributed by atoms with Gasteiger partial charge in [-0.1, -0.05) is 55.5 Å². The van der Waals surface area contributed by atoms with Gasteiger partial charge in [0.15, 0.2) is 0 Å². The van der Waals surface area contributed by atoms with Gasteiger partial charge in [-0.05, 0) is 24.6 Å². The van der Waals surface area contributed by atoms with Crippen LogP contribution in [-0.4, -0.2) is 25.6 Å². The van der Waals surface area contributed by atoms with Crippen molar-refractivity contribution in [3.05, 3.63) is 73.2 Å². The van der Waals surface area contributed by atoms with E-state index in [-0.39, 0.29) is 11.0 Å². The standard InChI is InChI=1S/C23H21N3OS/c1-16(27)13-17(2)28-23-21-20(18-9-5-3-6-10-18)14-26(22(21)24-15-25-23)19-11-7-4-8-12-19/h3-12,14-15,17H,13H2,1-2H3. The molecule has 4 nitrogen and oxygen atoms in total. The summed E-state index contributed by atoms with van der Waals surface area (Å²) in [5, 5.41) is 2.09. The summed E-state index contributed by atoms with van der Waals surface area (Å²) in [6.45, 7) is 3.70. The van der Waals surface area contributed by atoms with Crippen LogP contribution in [0.25, 0.3) is 27.8 Å². The van der Waals surface area contributed by atoms with E-state index in [1.165, 1.54) is 0 Å². The van der Waals surface area contributed by atoms with Crippen LogP contribution in [0.15, 0.2) is 78.2 Å². The molecule has 1 atom stereocenters. The van der Waals surface area contributed by atoms with Crippen molar-refractivity contribution in [3.8, 4) is 16.8 Å². The second kappa shape index (κ2) is 7.98. The number of Topliss-reactive ketones (excluding diaryl/α,β-unsaturated/α-hetero) is 1. The highest BCUT2D eigenvalue weighted by molar-refractivity contribution is 8.00. The van der Waals surface area contributed by atoms with Crippen molar-refractivity contribution in [2.75, 3.05) is 0 Å². The fourth-order valence-electron chi connectivity index (χ4n) is 3.38. The maximum Gasteiger partial charge on any atom is 0.149 e. The predicted molar refractivity (Wildman–Crippen MR) is 115 cm³/mol. The first-order valence-corrected chi connectivity index (χ1v) is 10.1. The Morgan fingerprint density at radius 1 is 1.04 bits per heavy atom. The maximum absolute atomic E-state index is 11.5. The second-order valence-corrected chi connectivity index (χ2v) is 8.25. The van der Waals surface area contributed by atoms with Crippen LogP contribution in [0, 0.1) is 0 Å². The lowest BCUT2D eigenvalue weighted by Crippen LogP contribution is -2.04. The molecule has 2 heterocycles. The molecule has 0 bridgehead atoms. The van der Waals surface area contributed by atoms with Gasteiger partial charge in [-0.15, -0.1) is 11.8 Å². The van der Waals surface area contributed by atoms with E-state index in [0.717, 1.165) is 32.9 Å². The Kier molecular flexibility index (Phi) is 5.26. The molecule has 2 aromatic carbocycles. The van der Waals surface area contributed by atoms with E-state index < -0.39 is 0 Å². The second-order valence-electron chi connectivity index (χ2n) is 6.83. The van der Waals surface area contributed by atoms with Gasteiger partial charge in [-0.25, -0.2) is 9.97 Å². The maximum atomic E-state index is 11.5. The lowest BCUT2D eigenvalue weighted by molar-refractivity contribution is -0.116. The average molecular weight is 388 g/mol. The van der Waals surface area contributed by atoms with Gasteiger partial charge in [0.2, 0.25) is 0 Å². The van der Waals surface area contributed by atoms with Crippen LogP contribution in [0.2, 0.25) is 0 Å². The fourth-order valence-corrected chi connectivity index (χ4v) is 4.51. The molecule has 0 aliphatic heterocycles. The van der Waals surface area contributed by atoms with Gasteiger partial charge in [0.1, 0.15) is 22.8 Å². The lowest BCUT2D eigenvalue weighted by Gasteiger charge is -2.10. The smallest absolute Gasteiger partial charge is 0.149 e. The Morgan fingerprint density at radius 2 is 1.71 bits per heavy atom. The van der Waals surface area contributed by atoms with Crippen molar-refractivity contribution in [1.82, 2.24) is 14.5 Å². The van der Waals surface area contributed by atoms with Crippen molar-refractivity contribution in [1.29, 1.82) is 0 Å². The Labute approximate surface area is 168 Å². The number of rotatable bonds is 6. The number of thioether (sulfide) groups is 1. The van der Waals surface area contributed by atoms with Crippen molar-refractivity contribution < 1.29 is 4.79 Å². The number of nitrogens with zero attached hydrogens (tertiary/aromatic N) is 3. The fraction of sp³-hybridized carbons (Fsp3) is 0.174. The molecule has 0 spiro atoms. The lowest BCUT2D eigenvalue weighted by atomic mass is 10.1. The van der Waals surface area contributed by atoms with Crippen molar-refractivity contribution in [2.24, 2.45) is 0 Å². The first-order valence-electron chi connectivity index (χ1n) is 9.26. The van der Waals surface area contributed by atoms with Gasteiger partial charge < -0.3 is 4.57 Å². The predicted octanol–water partition coefficient (Wildman–Crippen LogP) is 5.55. The Balaban J connectivity index is 1.92. The molecule has 0 fully saturated rings. The monoisotopic (exact) mass is 387 g/mol. The third-order valence-electron chi connectivity index (χ3n) is 4.56. The summed E-state index contributed by atoms with van der Waals surface area (Å²) >= 11 is 1.63. The molecule has 0 radical (unpaired) electrons. The van der Waals surface area contributed by atoms with Crippen molar-refractivity contribution >= 4 is 28.6 Å². The van der Waals surface area contributed by atoms with E-state index in [0.29, 0.717) is 6.42 Å². The number of benzene rings is 2. The van der Waals surface area contributed by atoms with Crippen molar-refractivity contribution in [3.63, 3.8) is 0 Å². The summed E-state index contributed by atoms with van der Waals surface area (Å²) in [4.78, 5) is 20.7. The zero-order valence-corrected chi connectivity index (χ0v) is 16.7. The summed E-state index contributed by atoms with van der Waals surface area (Å²) in [7, 11) is 0. The van der Waals surface area contributed by atoms with Crippen LogP contribution >= 0.6 is 11.8 Å². The van der Waals surface area contributed by atoms with E-state index in [9.17, 15) is 4.79 Å². The average Bonchev–Trinajstić information content (AvgIpc) is 3.09. The molecular weight excluding hydrogens is 366 g/mol. The molecule has 28 heavy (non-hydrogen) atoms. The molecule has 4 aromatic rings. The normalized spacial score (nSPS) is 12.2. The zero-order valence-electron chi connectivity index (χ0n) is 15.9. The third-order valence-corrected chi connectivity index (χ3v) is 5.66. The molecule has 1 unspecified atom stereocenters. The first kappa shape index (κ1) is 18.4. The first-order chi connectivity index (χ1) is 13.6. The molecule has 4 rings (SSSR count). The molecule has 0 aliphatic rings. The summed E-state index contributed by atoms with van der Waals surface area (Å²) in [5.41, 5.74) is 4.15. The number of ketones is 1. The van der Waals surface area contributed by atoms with Crippen molar-refractivity contribution in [2.45, 2.75) is 30.5 Å². The third kappa shape index (κ3) is 3.71. The summed E-state index contributed by atoms with van der Waals surface area (Å²) < 4.78 is 2.11. The van der Waals surface area contributed by atoms with E-state index in [1.54, 1.807) is 25.0 Å². The van der Waals surface area contributed by atoms with Crippen LogP contribution in [0.4, 0.5) is 0 Å². The Morgan fingerprint density at radius 3 is 2.39 bits per heavy atom. The van der Waals surface area contributed by atoms with Gasteiger partial charge in [-0.2, -0.15) is 0 Å². The number of carbonyl (C=O) groups excluding carboxylic acids is 1. The molecule has 2 aromatic heterocycles. The number of para-hydroxylation sites is 1. The van der Waals surface area contributed by atoms with Gasteiger partial charge in [0.25, 0.3) is 0 Å². The number of hydrogen-bond acceptors (Lipinski definition) is 4. The van der Waals surface area contributed by atoms with Crippen LogP contribution in [-0.2, 0) is 4.79 Å². The van der Waals surface area contributed by atoms with E-state index in [2.05, 4.69) is 51.9 Å². The molecule has 0 saturated heterocycles. The zero-order chi connectivity index (χ0) is 19.5. The molecule has 0 aliphatic carbocycles. The summed E-state index contributed by atoms with van der Waals surface area (Å²) in [5.74, 6) is 0.190. The number of hydrogen-bond donors (Lipinski definition) is 0. The van der Waals surface area contributed by atoms with Gasteiger partial charge >= 0.3 is 0 Å². The largest absolute Gasteiger partial charge is 0.301 e. The molecular formula is C23H21N3OS. The van der Waals surface area contributed by atoms with E-state index in [1.807, 2.05) is 36.4 Å². The summed E-state index contributed by atoms with van der Waals surface area (Å²) in [6, 6.07) is 20.5. The molecule has 0 saturated carbocycles.